The molecule has 3 rings (SSSR count). The van der Waals surface area contributed by atoms with Gasteiger partial charge in [0.05, 0.1) is 12.1 Å². The fourth-order valence-electron chi connectivity index (χ4n) is 3.20. The third-order valence-corrected chi connectivity index (χ3v) is 4.73. The number of carbonyl (C=O) groups excluding carboxylic acids is 2. The van der Waals surface area contributed by atoms with Crippen LogP contribution in [-0.2, 0) is 22.7 Å². The van der Waals surface area contributed by atoms with Gasteiger partial charge < -0.3 is 24.8 Å². The largest absolute Gasteiger partial charge is 0.445 e. The molecule has 2 aromatic carbocycles. The van der Waals surface area contributed by atoms with E-state index in [1.165, 1.54) is 4.90 Å². The van der Waals surface area contributed by atoms with Crippen LogP contribution in [0.4, 0.5) is 9.59 Å². The monoisotopic (exact) mass is 398 g/mol. The van der Waals surface area contributed by atoms with Gasteiger partial charge in [-0.2, -0.15) is 0 Å². The molecule has 1 saturated heterocycles. The van der Waals surface area contributed by atoms with Crippen LogP contribution in [-0.4, -0.2) is 47.4 Å². The Hall–Kier alpha value is -3.06. The van der Waals surface area contributed by atoms with Gasteiger partial charge in [-0.25, -0.2) is 9.59 Å². The van der Waals surface area contributed by atoms with Crippen molar-refractivity contribution in [3.05, 3.63) is 71.8 Å². The van der Waals surface area contributed by atoms with Gasteiger partial charge >= 0.3 is 12.2 Å². The first-order valence-electron chi connectivity index (χ1n) is 9.71. The molecule has 1 aliphatic rings. The number of carbonyl (C=O) groups is 2. The summed E-state index contributed by atoms with van der Waals surface area (Å²) in [6.45, 7) is 0.956. The van der Waals surface area contributed by atoms with Crippen LogP contribution in [0.25, 0.3) is 0 Å². The number of rotatable bonds is 5. The number of likely N-dealkylation sites (tertiary alicyclic amines) is 1. The van der Waals surface area contributed by atoms with Gasteiger partial charge in [0, 0.05) is 13.1 Å². The molecule has 1 heterocycles. The Labute approximate surface area is 170 Å². The van der Waals surface area contributed by atoms with Crippen LogP contribution in [0.3, 0.4) is 0 Å². The number of aliphatic hydroxyl groups is 1. The molecule has 1 fully saturated rings. The number of hydrogen-bond donors (Lipinski definition) is 2. The Morgan fingerprint density at radius 1 is 0.966 bits per heavy atom. The lowest BCUT2D eigenvalue weighted by molar-refractivity contribution is 0.0922. The van der Waals surface area contributed by atoms with Crippen molar-refractivity contribution in [3.8, 4) is 0 Å². The molecule has 0 spiro atoms. The topological polar surface area (TPSA) is 88.1 Å². The number of nitrogens with one attached hydrogen (secondary N) is 1. The average molecular weight is 398 g/mol. The highest BCUT2D eigenvalue weighted by atomic mass is 16.6. The normalized spacial score (nSPS) is 19.1. The summed E-state index contributed by atoms with van der Waals surface area (Å²) in [6.07, 6.45) is -0.875. The number of aliphatic hydroxyl groups excluding tert-OH is 1. The summed E-state index contributed by atoms with van der Waals surface area (Å²) < 4.78 is 10.6. The first kappa shape index (κ1) is 20.7. The van der Waals surface area contributed by atoms with Crippen molar-refractivity contribution in [2.75, 3.05) is 13.1 Å². The third kappa shape index (κ3) is 6.80. The Morgan fingerprint density at radius 2 is 1.55 bits per heavy atom. The molecule has 0 bridgehead atoms. The predicted octanol–water partition coefficient (Wildman–Crippen LogP) is 3.07. The zero-order chi connectivity index (χ0) is 20.5. The smallest absolute Gasteiger partial charge is 0.410 e. The second-order valence-corrected chi connectivity index (χ2v) is 7.07. The van der Waals surface area contributed by atoms with Gasteiger partial charge in [0.2, 0.25) is 0 Å². The molecular formula is C22H26N2O5. The molecule has 2 N–H and O–H groups in total. The van der Waals surface area contributed by atoms with Gasteiger partial charge in [0.15, 0.2) is 0 Å². The van der Waals surface area contributed by atoms with E-state index in [9.17, 15) is 14.7 Å². The molecule has 0 radical (unpaired) electrons. The molecule has 7 nitrogen and oxygen atoms in total. The Kier molecular flexibility index (Phi) is 7.47. The van der Waals surface area contributed by atoms with Crippen LogP contribution in [0.1, 0.15) is 24.0 Å². The highest BCUT2D eigenvalue weighted by Gasteiger charge is 2.28. The highest BCUT2D eigenvalue weighted by molar-refractivity contribution is 5.69. The van der Waals surface area contributed by atoms with Crippen LogP contribution in [0.5, 0.6) is 0 Å². The molecule has 0 saturated carbocycles. The summed E-state index contributed by atoms with van der Waals surface area (Å²) in [5.74, 6) is 0. The van der Waals surface area contributed by atoms with Gasteiger partial charge in [-0.3, -0.25) is 0 Å². The molecule has 154 valence electrons. The van der Waals surface area contributed by atoms with E-state index >= 15 is 0 Å². The van der Waals surface area contributed by atoms with E-state index in [4.69, 9.17) is 9.47 Å². The zero-order valence-corrected chi connectivity index (χ0v) is 16.2. The number of amides is 2. The maximum absolute atomic E-state index is 12.5. The highest BCUT2D eigenvalue weighted by Crippen LogP contribution is 2.14. The maximum atomic E-state index is 12.5. The van der Waals surface area contributed by atoms with Crippen LogP contribution in [0, 0.1) is 0 Å². The molecule has 1 unspecified atom stereocenters. The van der Waals surface area contributed by atoms with Gasteiger partial charge in [-0.05, 0) is 24.0 Å². The number of nitrogens with zero attached hydrogens (tertiary/aromatic N) is 1. The van der Waals surface area contributed by atoms with Crippen LogP contribution in [0.2, 0.25) is 0 Å². The Morgan fingerprint density at radius 3 is 2.17 bits per heavy atom. The van der Waals surface area contributed by atoms with Crippen LogP contribution < -0.4 is 5.32 Å². The molecular weight excluding hydrogens is 372 g/mol. The Bertz CT molecular complexity index is 784. The third-order valence-electron chi connectivity index (χ3n) is 4.73. The second kappa shape index (κ2) is 10.5. The van der Waals surface area contributed by atoms with Crippen molar-refractivity contribution < 1.29 is 24.2 Å². The van der Waals surface area contributed by atoms with E-state index in [-0.39, 0.29) is 19.8 Å². The van der Waals surface area contributed by atoms with Crippen LogP contribution in [0.15, 0.2) is 60.7 Å². The summed E-state index contributed by atoms with van der Waals surface area (Å²) in [4.78, 5) is 26.1. The fraction of sp³-hybridized carbons (Fsp3) is 0.364. The van der Waals surface area contributed by atoms with Crippen molar-refractivity contribution in [3.63, 3.8) is 0 Å². The van der Waals surface area contributed by atoms with E-state index < -0.39 is 24.3 Å². The quantitative estimate of drug-likeness (QED) is 0.808. The first-order chi connectivity index (χ1) is 14.1. The van der Waals surface area contributed by atoms with E-state index in [0.717, 1.165) is 11.1 Å². The molecule has 29 heavy (non-hydrogen) atoms. The summed E-state index contributed by atoms with van der Waals surface area (Å²) in [5.41, 5.74) is 1.78. The zero-order valence-electron chi connectivity index (χ0n) is 16.2. The summed E-state index contributed by atoms with van der Waals surface area (Å²) >= 11 is 0. The van der Waals surface area contributed by atoms with E-state index in [2.05, 4.69) is 5.32 Å². The molecule has 7 heteroatoms. The predicted molar refractivity (Wildman–Crippen MR) is 107 cm³/mol. The van der Waals surface area contributed by atoms with E-state index in [0.29, 0.717) is 19.4 Å². The van der Waals surface area contributed by atoms with Gasteiger partial charge in [0.1, 0.15) is 13.2 Å². The molecule has 0 aromatic heterocycles. The first-order valence-corrected chi connectivity index (χ1v) is 9.71. The maximum Gasteiger partial charge on any atom is 0.410 e. The SMILES string of the molecule is O=C(N[C@H]1CC(O)CCN(C(=O)OCc2ccccc2)C1)OCc1ccccc1. The lowest BCUT2D eigenvalue weighted by atomic mass is 10.1. The molecule has 1 aliphatic heterocycles. The standard InChI is InChI=1S/C22H26N2O5/c25-20-11-12-24(22(27)29-16-18-9-5-2-6-10-18)14-19(13-20)23-21(26)28-15-17-7-3-1-4-8-17/h1-10,19-20,25H,11-16H2,(H,23,26)/t19-,20?/m0/s1. The lowest BCUT2D eigenvalue weighted by Gasteiger charge is -2.24. The minimum Gasteiger partial charge on any atom is -0.445 e. The number of alkyl carbamates (subject to hydrolysis) is 1. The lowest BCUT2D eigenvalue weighted by Crippen LogP contribution is -2.45. The summed E-state index contributed by atoms with van der Waals surface area (Å²) in [6, 6.07) is 18.4. The minimum absolute atomic E-state index is 0.158. The van der Waals surface area contributed by atoms with Crippen molar-refractivity contribution >= 4 is 12.2 Å². The van der Waals surface area contributed by atoms with Crippen molar-refractivity contribution in [2.45, 2.75) is 38.2 Å². The summed E-state index contributed by atoms with van der Waals surface area (Å²) in [7, 11) is 0. The number of benzene rings is 2. The fourth-order valence-corrected chi connectivity index (χ4v) is 3.20. The van der Waals surface area contributed by atoms with Gasteiger partial charge in [-0.15, -0.1) is 0 Å². The summed E-state index contributed by atoms with van der Waals surface area (Å²) in [5, 5.41) is 12.9. The van der Waals surface area contributed by atoms with Crippen molar-refractivity contribution in [2.24, 2.45) is 0 Å². The number of ether oxygens (including phenoxy) is 2. The molecule has 0 aliphatic carbocycles. The molecule has 2 aromatic rings. The van der Waals surface area contributed by atoms with Gasteiger partial charge in [-0.1, -0.05) is 60.7 Å². The Balaban J connectivity index is 1.50. The van der Waals surface area contributed by atoms with E-state index in [1.807, 2.05) is 60.7 Å². The van der Waals surface area contributed by atoms with E-state index in [1.54, 1.807) is 0 Å². The number of hydrogen-bond acceptors (Lipinski definition) is 5. The molecule has 2 atom stereocenters. The molecule has 2 amide bonds. The van der Waals surface area contributed by atoms with Crippen molar-refractivity contribution in [1.82, 2.24) is 10.2 Å². The van der Waals surface area contributed by atoms with Crippen molar-refractivity contribution in [1.29, 1.82) is 0 Å². The minimum atomic E-state index is -0.610. The van der Waals surface area contributed by atoms with Crippen LogP contribution >= 0.6 is 0 Å². The second-order valence-electron chi connectivity index (χ2n) is 7.07. The van der Waals surface area contributed by atoms with Gasteiger partial charge in [0.25, 0.3) is 0 Å². The average Bonchev–Trinajstić information content (AvgIpc) is 2.93.